The minimum atomic E-state index is -3.28. The van der Waals surface area contributed by atoms with E-state index in [1.54, 1.807) is 12.1 Å². The lowest BCUT2D eigenvalue weighted by Crippen LogP contribution is -2.25. The topological polar surface area (TPSA) is 66.4 Å². The Balaban J connectivity index is 2.12. The zero-order chi connectivity index (χ0) is 15.3. The van der Waals surface area contributed by atoms with Gasteiger partial charge in [0.1, 0.15) is 0 Å². The monoisotopic (exact) mass is 307 g/mol. The van der Waals surface area contributed by atoms with Crippen molar-refractivity contribution in [3.63, 3.8) is 0 Å². The van der Waals surface area contributed by atoms with Crippen LogP contribution < -0.4 is 4.72 Å². The third-order valence-electron chi connectivity index (χ3n) is 3.69. The van der Waals surface area contributed by atoms with Gasteiger partial charge in [-0.15, -0.1) is 0 Å². The Morgan fingerprint density at radius 1 is 1.33 bits per heavy atom. The lowest BCUT2D eigenvalue weighted by atomic mass is 10.1. The average molecular weight is 307 g/mol. The Morgan fingerprint density at radius 2 is 2.05 bits per heavy atom. The quantitative estimate of drug-likeness (QED) is 0.840. The SMILES string of the molecule is Cc1cc(NS(=O)(=O)C2CCCC2)ccc1C#CCCO. The molecule has 1 aliphatic carbocycles. The minimum absolute atomic E-state index is 0.0469. The van der Waals surface area contributed by atoms with Crippen LogP contribution in [-0.4, -0.2) is 25.4 Å². The van der Waals surface area contributed by atoms with Crippen LogP contribution in [0.2, 0.25) is 0 Å². The second-order valence-corrected chi connectivity index (χ2v) is 7.32. The van der Waals surface area contributed by atoms with E-state index in [4.69, 9.17) is 5.11 Å². The lowest BCUT2D eigenvalue weighted by molar-refractivity contribution is 0.305. The van der Waals surface area contributed by atoms with Gasteiger partial charge in [-0.05, 0) is 43.5 Å². The van der Waals surface area contributed by atoms with Crippen LogP contribution in [0.3, 0.4) is 0 Å². The molecule has 1 aromatic carbocycles. The molecule has 5 heteroatoms. The van der Waals surface area contributed by atoms with E-state index in [2.05, 4.69) is 16.6 Å². The molecule has 2 rings (SSSR count). The molecule has 0 amide bonds. The summed E-state index contributed by atoms with van der Waals surface area (Å²) >= 11 is 0. The van der Waals surface area contributed by atoms with Gasteiger partial charge in [0, 0.05) is 17.7 Å². The van der Waals surface area contributed by atoms with Crippen molar-refractivity contribution in [2.24, 2.45) is 0 Å². The molecule has 1 fully saturated rings. The van der Waals surface area contributed by atoms with Crippen LogP contribution in [0.5, 0.6) is 0 Å². The van der Waals surface area contributed by atoms with Gasteiger partial charge in [0.2, 0.25) is 10.0 Å². The van der Waals surface area contributed by atoms with Gasteiger partial charge in [0.05, 0.1) is 11.9 Å². The summed E-state index contributed by atoms with van der Waals surface area (Å²) in [6.45, 7) is 1.95. The molecule has 0 spiro atoms. The van der Waals surface area contributed by atoms with Crippen LogP contribution in [0.1, 0.15) is 43.2 Å². The standard InChI is InChI=1S/C16H21NO3S/c1-13-12-15(10-9-14(13)6-4-5-11-18)17-21(19,20)16-7-2-3-8-16/h9-10,12,16-18H,2-3,5,7-8,11H2,1H3. The van der Waals surface area contributed by atoms with Crippen LogP contribution in [0.25, 0.3) is 0 Å². The highest BCUT2D eigenvalue weighted by atomic mass is 32.2. The molecular formula is C16H21NO3S. The van der Waals surface area contributed by atoms with Gasteiger partial charge in [-0.3, -0.25) is 4.72 Å². The summed E-state index contributed by atoms with van der Waals surface area (Å²) in [5.41, 5.74) is 2.37. The number of hydrogen-bond acceptors (Lipinski definition) is 3. The maximum absolute atomic E-state index is 12.2. The first kappa shape index (κ1) is 15.9. The van der Waals surface area contributed by atoms with E-state index >= 15 is 0 Å². The fourth-order valence-corrected chi connectivity index (χ4v) is 4.10. The molecule has 4 nitrogen and oxygen atoms in total. The van der Waals surface area contributed by atoms with Gasteiger partial charge in [0.25, 0.3) is 0 Å². The summed E-state index contributed by atoms with van der Waals surface area (Å²) in [5.74, 6) is 5.84. The maximum Gasteiger partial charge on any atom is 0.235 e. The van der Waals surface area contributed by atoms with Crippen LogP contribution >= 0.6 is 0 Å². The third kappa shape index (κ3) is 4.23. The Morgan fingerprint density at radius 3 is 2.67 bits per heavy atom. The largest absolute Gasteiger partial charge is 0.395 e. The first-order valence-corrected chi connectivity index (χ1v) is 8.79. The summed E-state index contributed by atoms with van der Waals surface area (Å²) in [7, 11) is -3.28. The molecule has 0 radical (unpaired) electrons. The Kier molecular flexibility index (Phi) is 5.27. The molecule has 0 saturated heterocycles. The second kappa shape index (κ2) is 6.97. The predicted molar refractivity (Wildman–Crippen MR) is 84.6 cm³/mol. The molecule has 0 atom stereocenters. The summed E-state index contributed by atoms with van der Waals surface area (Å²) in [6, 6.07) is 5.35. The minimum Gasteiger partial charge on any atom is -0.395 e. The highest BCUT2D eigenvalue weighted by molar-refractivity contribution is 7.93. The molecule has 0 aliphatic heterocycles. The van der Waals surface area contributed by atoms with Crippen molar-refractivity contribution in [3.05, 3.63) is 29.3 Å². The number of aliphatic hydroxyl groups is 1. The van der Waals surface area contributed by atoms with Crippen LogP contribution in [0, 0.1) is 18.8 Å². The first-order chi connectivity index (χ1) is 10.0. The van der Waals surface area contributed by atoms with E-state index in [9.17, 15) is 8.42 Å². The number of rotatable bonds is 4. The van der Waals surface area contributed by atoms with E-state index in [0.717, 1.165) is 36.8 Å². The maximum atomic E-state index is 12.2. The average Bonchev–Trinajstić information content (AvgIpc) is 2.96. The van der Waals surface area contributed by atoms with Crippen molar-refractivity contribution < 1.29 is 13.5 Å². The second-order valence-electron chi connectivity index (χ2n) is 5.36. The Hall–Kier alpha value is -1.51. The molecule has 1 aliphatic rings. The molecule has 21 heavy (non-hydrogen) atoms. The summed E-state index contributed by atoms with van der Waals surface area (Å²) in [6.07, 6.45) is 3.92. The van der Waals surface area contributed by atoms with E-state index < -0.39 is 10.0 Å². The van der Waals surface area contributed by atoms with E-state index in [1.165, 1.54) is 0 Å². The van der Waals surface area contributed by atoms with Gasteiger partial charge in [-0.1, -0.05) is 24.7 Å². The highest BCUT2D eigenvalue weighted by Crippen LogP contribution is 2.26. The van der Waals surface area contributed by atoms with E-state index in [1.807, 2.05) is 13.0 Å². The number of benzene rings is 1. The Labute approximate surface area is 126 Å². The van der Waals surface area contributed by atoms with Crippen LogP contribution in [0.15, 0.2) is 18.2 Å². The first-order valence-electron chi connectivity index (χ1n) is 7.25. The predicted octanol–water partition coefficient (Wildman–Crippen LogP) is 2.41. The molecular weight excluding hydrogens is 286 g/mol. The van der Waals surface area contributed by atoms with Gasteiger partial charge in [-0.25, -0.2) is 8.42 Å². The smallest absolute Gasteiger partial charge is 0.235 e. The zero-order valence-corrected chi connectivity index (χ0v) is 13.0. The zero-order valence-electron chi connectivity index (χ0n) is 12.2. The number of aryl methyl sites for hydroxylation is 1. The number of hydrogen-bond donors (Lipinski definition) is 2. The van der Waals surface area contributed by atoms with Crippen molar-refractivity contribution in [1.29, 1.82) is 0 Å². The normalized spacial score (nSPS) is 15.5. The molecule has 1 aromatic rings. The summed E-state index contributed by atoms with van der Waals surface area (Å²) in [4.78, 5) is 0. The van der Waals surface area contributed by atoms with E-state index in [-0.39, 0.29) is 11.9 Å². The lowest BCUT2D eigenvalue weighted by Gasteiger charge is -2.14. The fourth-order valence-electron chi connectivity index (χ4n) is 2.53. The van der Waals surface area contributed by atoms with Crippen LogP contribution in [0.4, 0.5) is 5.69 Å². The van der Waals surface area contributed by atoms with Gasteiger partial charge < -0.3 is 5.11 Å². The summed E-state index contributed by atoms with van der Waals surface area (Å²) < 4.78 is 27.2. The van der Waals surface area contributed by atoms with Gasteiger partial charge >= 0.3 is 0 Å². The van der Waals surface area contributed by atoms with Crippen molar-refractivity contribution in [3.8, 4) is 11.8 Å². The number of aliphatic hydroxyl groups excluding tert-OH is 1. The Bertz CT molecular complexity index is 650. The summed E-state index contributed by atoms with van der Waals surface area (Å²) in [5, 5.41) is 8.45. The number of sulfonamides is 1. The molecule has 0 heterocycles. The number of anilines is 1. The van der Waals surface area contributed by atoms with Gasteiger partial charge in [-0.2, -0.15) is 0 Å². The molecule has 0 bridgehead atoms. The van der Waals surface area contributed by atoms with E-state index in [0.29, 0.717) is 12.1 Å². The van der Waals surface area contributed by atoms with Crippen molar-refractivity contribution >= 4 is 15.7 Å². The third-order valence-corrected chi connectivity index (χ3v) is 5.56. The molecule has 2 N–H and O–H groups in total. The highest BCUT2D eigenvalue weighted by Gasteiger charge is 2.28. The molecule has 114 valence electrons. The fraction of sp³-hybridized carbons (Fsp3) is 0.500. The van der Waals surface area contributed by atoms with Crippen LogP contribution in [-0.2, 0) is 10.0 Å². The molecule has 0 aromatic heterocycles. The van der Waals surface area contributed by atoms with Crippen molar-refractivity contribution in [2.75, 3.05) is 11.3 Å². The molecule has 1 saturated carbocycles. The van der Waals surface area contributed by atoms with Gasteiger partial charge in [0.15, 0.2) is 0 Å². The van der Waals surface area contributed by atoms with Crippen molar-refractivity contribution in [1.82, 2.24) is 0 Å². The van der Waals surface area contributed by atoms with Crippen molar-refractivity contribution in [2.45, 2.75) is 44.3 Å². The molecule has 0 unspecified atom stereocenters. The number of nitrogens with one attached hydrogen (secondary N) is 1.